The lowest BCUT2D eigenvalue weighted by atomic mass is 10.1. The van der Waals surface area contributed by atoms with Crippen LogP contribution in [0.25, 0.3) is 0 Å². The van der Waals surface area contributed by atoms with Crippen LogP contribution in [0.3, 0.4) is 0 Å². The molecule has 27 heavy (non-hydrogen) atoms. The molecule has 1 aliphatic heterocycles. The zero-order chi connectivity index (χ0) is 19.2. The number of ether oxygens (including phenoxy) is 1. The molecular weight excluding hydrogens is 364 g/mol. The molecule has 0 aromatic heterocycles. The van der Waals surface area contributed by atoms with Crippen molar-refractivity contribution in [3.05, 3.63) is 64.2 Å². The number of rotatable bonds is 6. The fourth-order valence-electron chi connectivity index (χ4n) is 3.13. The topological polar surface area (TPSA) is 58.6 Å². The van der Waals surface area contributed by atoms with Gasteiger partial charge in [0.15, 0.2) is 0 Å². The summed E-state index contributed by atoms with van der Waals surface area (Å²) in [4.78, 5) is 26.6. The number of amides is 1. The van der Waals surface area contributed by atoms with E-state index in [4.69, 9.17) is 16.3 Å². The van der Waals surface area contributed by atoms with Crippen molar-refractivity contribution in [2.75, 3.05) is 25.0 Å². The summed E-state index contributed by atoms with van der Waals surface area (Å²) in [6, 6.07) is 12.4. The third kappa shape index (κ3) is 5.08. The van der Waals surface area contributed by atoms with Crippen LogP contribution in [-0.4, -0.2) is 36.5 Å². The number of anilines is 1. The number of hydrogen-bond donors (Lipinski definition) is 1. The first-order valence-electron chi connectivity index (χ1n) is 9.16. The van der Waals surface area contributed by atoms with Gasteiger partial charge in [0.1, 0.15) is 0 Å². The molecule has 1 saturated heterocycles. The van der Waals surface area contributed by atoms with Gasteiger partial charge in [-0.3, -0.25) is 9.69 Å². The van der Waals surface area contributed by atoms with E-state index in [1.54, 1.807) is 25.1 Å². The summed E-state index contributed by atoms with van der Waals surface area (Å²) in [5.74, 6) is -0.698. The molecule has 0 unspecified atom stereocenters. The molecule has 3 rings (SSSR count). The van der Waals surface area contributed by atoms with Crippen LogP contribution < -0.4 is 5.32 Å². The highest BCUT2D eigenvalue weighted by molar-refractivity contribution is 6.34. The molecular formula is C21H23ClN2O3. The van der Waals surface area contributed by atoms with Gasteiger partial charge in [0.05, 0.1) is 17.2 Å². The number of nitrogens with zero attached hydrogens (tertiary/aromatic N) is 1. The van der Waals surface area contributed by atoms with E-state index < -0.39 is 5.97 Å². The SMILES string of the molecule is CCOC(=O)c1ccc(NC(=O)c2ccc(CN3CCCC3)cc2)cc1Cl. The highest BCUT2D eigenvalue weighted by Gasteiger charge is 2.14. The van der Waals surface area contributed by atoms with Crippen molar-refractivity contribution in [3.8, 4) is 0 Å². The van der Waals surface area contributed by atoms with Gasteiger partial charge in [-0.15, -0.1) is 0 Å². The molecule has 6 heteroatoms. The predicted molar refractivity (Wildman–Crippen MR) is 106 cm³/mol. The molecule has 5 nitrogen and oxygen atoms in total. The van der Waals surface area contributed by atoms with Crippen LogP contribution in [0.1, 0.15) is 46.0 Å². The lowest BCUT2D eigenvalue weighted by Gasteiger charge is -2.14. The summed E-state index contributed by atoms with van der Waals surface area (Å²) in [7, 11) is 0. The first kappa shape index (κ1) is 19.4. The number of esters is 1. The van der Waals surface area contributed by atoms with Crippen molar-refractivity contribution < 1.29 is 14.3 Å². The molecule has 0 saturated carbocycles. The van der Waals surface area contributed by atoms with Gasteiger partial charge in [0, 0.05) is 17.8 Å². The quantitative estimate of drug-likeness (QED) is 0.749. The summed E-state index contributed by atoms with van der Waals surface area (Å²) >= 11 is 6.13. The van der Waals surface area contributed by atoms with Crippen LogP contribution in [0.4, 0.5) is 5.69 Å². The summed E-state index contributed by atoms with van der Waals surface area (Å²) in [6.07, 6.45) is 2.52. The van der Waals surface area contributed by atoms with Gasteiger partial charge in [-0.1, -0.05) is 23.7 Å². The van der Waals surface area contributed by atoms with Crippen LogP contribution >= 0.6 is 11.6 Å². The standard InChI is InChI=1S/C21H23ClN2O3/c1-2-27-21(26)18-10-9-17(13-19(18)22)23-20(25)16-7-5-15(6-8-16)14-24-11-3-4-12-24/h5-10,13H,2-4,11-12,14H2,1H3,(H,23,25). The second-order valence-electron chi connectivity index (χ2n) is 6.55. The van der Waals surface area contributed by atoms with Gasteiger partial charge in [0.2, 0.25) is 0 Å². The number of nitrogens with one attached hydrogen (secondary N) is 1. The molecule has 2 aromatic carbocycles. The van der Waals surface area contributed by atoms with Crippen LogP contribution in [0.2, 0.25) is 5.02 Å². The van der Waals surface area contributed by atoms with Crippen molar-refractivity contribution in [2.45, 2.75) is 26.3 Å². The maximum Gasteiger partial charge on any atom is 0.339 e. The molecule has 1 aliphatic rings. The van der Waals surface area contributed by atoms with Crippen LogP contribution in [-0.2, 0) is 11.3 Å². The molecule has 142 valence electrons. The van der Waals surface area contributed by atoms with Crippen LogP contribution in [0.15, 0.2) is 42.5 Å². The Bertz CT molecular complexity index is 815. The summed E-state index contributed by atoms with van der Waals surface area (Å²) < 4.78 is 4.94. The van der Waals surface area contributed by atoms with Crippen LogP contribution in [0.5, 0.6) is 0 Å². The molecule has 1 amide bonds. The zero-order valence-corrected chi connectivity index (χ0v) is 16.1. The maximum absolute atomic E-state index is 12.4. The Balaban J connectivity index is 1.62. The second-order valence-corrected chi connectivity index (χ2v) is 6.96. The van der Waals surface area contributed by atoms with Gasteiger partial charge < -0.3 is 10.1 Å². The second kappa shape index (κ2) is 9.02. The number of halogens is 1. The van der Waals surface area contributed by atoms with Crippen LogP contribution in [0, 0.1) is 0 Å². The Morgan fingerprint density at radius 2 is 1.81 bits per heavy atom. The summed E-state index contributed by atoms with van der Waals surface area (Å²) in [5, 5.41) is 3.05. The largest absolute Gasteiger partial charge is 0.462 e. The van der Waals surface area contributed by atoms with Gasteiger partial charge in [-0.25, -0.2) is 4.79 Å². The van der Waals surface area contributed by atoms with Gasteiger partial charge in [-0.05, 0) is 68.8 Å². The van der Waals surface area contributed by atoms with E-state index in [1.165, 1.54) is 18.4 Å². The van der Waals surface area contributed by atoms with E-state index >= 15 is 0 Å². The Hall–Kier alpha value is -2.37. The van der Waals surface area contributed by atoms with Crippen molar-refractivity contribution in [1.29, 1.82) is 0 Å². The Morgan fingerprint density at radius 3 is 2.44 bits per heavy atom. The Labute approximate surface area is 164 Å². The first-order valence-corrected chi connectivity index (χ1v) is 9.54. The summed E-state index contributed by atoms with van der Waals surface area (Å²) in [5.41, 5.74) is 2.59. The van der Waals surface area contributed by atoms with E-state index in [0.29, 0.717) is 11.3 Å². The fourth-order valence-corrected chi connectivity index (χ4v) is 3.39. The van der Waals surface area contributed by atoms with E-state index in [2.05, 4.69) is 10.2 Å². The molecule has 0 spiro atoms. The first-order chi connectivity index (χ1) is 13.1. The van der Waals surface area contributed by atoms with Crippen molar-refractivity contribution in [2.24, 2.45) is 0 Å². The molecule has 0 radical (unpaired) electrons. The number of carbonyl (C=O) groups is 2. The van der Waals surface area contributed by atoms with E-state index in [9.17, 15) is 9.59 Å². The van der Waals surface area contributed by atoms with E-state index in [-0.39, 0.29) is 23.1 Å². The normalized spacial score (nSPS) is 14.1. The minimum absolute atomic E-state index is 0.220. The summed E-state index contributed by atoms with van der Waals surface area (Å²) in [6.45, 7) is 5.22. The molecule has 2 aromatic rings. The van der Waals surface area contributed by atoms with Crippen molar-refractivity contribution in [1.82, 2.24) is 4.90 Å². The molecule has 0 atom stereocenters. The third-order valence-electron chi connectivity index (χ3n) is 4.54. The zero-order valence-electron chi connectivity index (χ0n) is 15.3. The molecule has 1 N–H and O–H groups in total. The van der Waals surface area contributed by atoms with E-state index in [0.717, 1.165) is 19.6 Å². The average Bonchev–Trinajstić information content (AvgIpc) is 3.15. The number of hydrogen-bond acceptors (Lipinski definition) is 4. The van der Waals surface area contributed by atoms with Gasteiger partial charge in [-0.2, -0.15) is 0 Å². The highest BCUT2D eigenvalue weighted by atomic mass is 35.5. The minimum Gasteiger partial charge on any atom is -0.462 e. The highest BCUT2D eigenvalue weighted by Crippen LogP contribution is 2.22. The van der Waals surface area contributed by atoms with Crippen molar-refractivity contribution in [3.63, 3.8) is 0 Å². The van der Waals surface area contributed by atoms with Crippen molar-refractivity contribution >= 4 is 29.2 Å². The molecule has 1 heterocycles. The molecule has 0 bridgehead atoms. The monoisotopic (exact) mass is 386 g/mol. The molecule has 1 fully saturated rings. The predicted octanol–water partition coefficient (Wildman–Crippen LogP) is 4.36. The molecule has 0 aliphatic carbocycles. The average molecular weight is 387 g/mol. The Morgan fingerprint density at radius 1 is 1.11 bits per heavy atom. The number of carbonyl (C=O) groups excluding carboxylic acids is 2. The van der Waals surface area contributed by atoms with Gasteiger partial charge >= 0.3 is 5.97 Å². The number of likely N-dealkylation sites (tertiary alicyclic amines) is 1. The fraction of sp³-hybridized carbons (Fsp3) is 0.333. The third-order valence-corrected chi connectivity index (χ3v) is 4.86. The number of benzene rings is 2. The van der Waals surface area contributed by atoms with Gasteiger partial charge in [0.25, 0.3) is 5.91 Å². The lowest BCUT2D eigenvalue weighted by molar-refractivity contribution is 0.0526. The minimum atomic E-state index is -0.478. The Kier molecular flexibility index (Phi) is 6.48. The smallest absolute Gasteiger partial charge is 0.339 e. The lowest BCUT2D eigenvalue weighted by Crippen LogP contribution is -2.18. The maximum atomic E-state index is 12.4. The van der Waals surface area contributed by atoms with E-state index in [1.807, 2.05) is 24.3 Å².